The van der Waals surface area contributed by atoms with Crippen LogP contribution in [-0.2, 0) is 28.6 Å². The molecule has 0 unspecified atom stereocenters. The van der Waals surface area contributed by atoms with Crippen LogP contribution in [0.15, 0.2) is 60.8 Å². The second-order valence-corrected chi connectivity index (χ2v) is 18.5. The maximum atomic E-state index is 12.8. The summed E-state index contributed by atoms with van der Waals surface area (Å²) in [4.78, 5) is 38.0. The Bertz CT molecular complexity index is 1180. The Hall–Kier alpha value is -2.89. The smallest absolute Gasteiger partial charge is 0.306 e. The summed E-state index contributed by atoms with van der Waals surface area (Å²) in [6.07, 6.45) is 66.4. The van der Waals surface area contributed by atoms with Crippen LogP contribution in [0.25, 0.3) is 0 Å². The first-order valence-corrected chi connectivity index (χ1v) is 27.8. The Morgan fingerprint density at radius 1 is 0.308 bits per heavy atom. The van der Waals surface area contributed by atoms with E-state index in [9.17, 15) is 14.4 Å². The molecule has 65 heavy (non-hydrogen) atoms. The average molecular weight is 909 g/mol. The third-order valence-corrected chi connectivity index (χ3v) is 12.0. The van der Waals surface area contributed by atoms with Gasteiger partial charge in [0.1, 0.15) is 13.2 Å². The minimum absolute atomic E-state index is 0.0877. The Morgan fingerprint density at radius 2 is 0.569 bits per heavy atom. The maximum Gasteiger partial charge on any atom is 0.306 e. The molecule has 6 nitrogen and oxygen atoms in total. The quantitative estimate of drug-likeness (QED) is 0.0262. The van der Waals surface area contributed by atoms with Crippen molar-refractivity contribution in [3.63, 3.8) is 0 Å². The van der Waals surface area contributed by atoms with Crippen LogP contribution in [-0.4, -0.2) is 37.2 Å². The fourth-order valence-electron chi connectivity index (χ4n) is 7.72. The van der Waals surface area contributed by atoms with Crippen molar-refractivity contribution < 1.29 is 28.6 Å². The van der Waals surface area contributed by atoms with Gasteiger partial charge in [-0.15, -0.1) is 0 Å². The zero-order valence-electron chi connectivity index (χ0n) is 43.0. The molecule has 0 spiro atoms. The number of hydrogen-bond acceptors (Lipinski definition) is 6. The summed E-state index contributed by atoms with van der Waals surface area (Å²) >= 11 is 0. The van der Waals surface area contributed by atoms with Gasteiger partial charge < -0.3 is 14.2 Å². The van der Waals surface area contributed by atoms with Gasteiger partial charge in [-0.1, -0.05) is 216 Å². The lowest BCUT2D eigenvalue weighted by molar-refractivity contribution is -0.167. The number of carbonyl (C=O) groups is 3. The number of carbonyl (C=O) groups excluding carboxylic acids is 3. The van der Waals surface area contributed by atoms with Crippen LogP contribution in [0, 0.1) is 0 Å². The lowest BCUT2D eigenvalue weighted by Crippen LogP contribution is -2.30. The molecular formula is C59H104O6. The summed E-state index contributed by atoms with van der Waals surface area (Å²) in [6, 6.07) is 0. The first-order chi connectivity index (χ1) is 32.0. The summed E-state index contributed by atoms with van der Waals surface area (Å²) in [5.74, 6) is -0.917. The van der Waals surface area contributed by atoms with Crippen LogP contribution in [0.5, 0.6) is 0 Å². The van der Waals surface area contributed by atoms with E-state index in [0.717, 1.165) is 89.9 Å². The van der Waals surface area contributed by atoms with Gasteiger partial charge >= 0.3 is 17.9 Å². The van der Waals surface area contributed by atoms with Crippen molar-refractivity contribution in [1.82, 2.24) is 0 Å². The molecule has 0 aromatic rings. The SMILES string of the molecule is CCCC/C=C\CCCCCCCC(=O)OC[C@H](COC(=O)CCCCCCCCC/C=C\CCCCCCCCCC)OC(=O)CCCCCC/C=C\C/C=C\C/C=C\CCCCC. The van der Waals surface area contributed by atoms with Crippen molar-refractivity contribution in [3.8, 4) is 0 Å². The second kappa shape index (κ2) is 53.7. The molecule has 6 heteroatoms. The van der Waals surface area contributed by atoms with Crippen LogP contribution in [0.1, 0.15) is 278 Å². The minimum atomic E-state index is -0.790. The van der Waals surface area contributed by atoms with Crippen molar-refractivity contribution in [1.29, 1.82) is 0 Å². The number of rotatable bonds is 50. The molecule has 0 aromatic carbocycles. The standard InChI is InChI=1S/C59H104O6/c1-4-7-10-13-16-19-22-24-26-28-29-31-32-34-37-40-43-46-49-52-58(61)64-55-56(54-63-57(60)51-48-45-42-39-36-21-18-15-12-9-6-3)65-59(62)53-50-47-44-41-38-35-33-30-27-25-23-20-17-14-11-8-5-2/h15,17-18,20,25,27-29,33,35,56H,4-14,16,19,21-24,26,30-32,34,36-55H2,1-3H3/b18-15-,20-17-,27-25-,29-28-,35-33-/t56-/m1/s1. The molecule has 0 aliphatic heterocycles. The second-order valence-electron chi connectivity index (χ2n) is 18.5. The third kappa shape index (κ3) is 51.9. The Morgan fingerprint density at radius 3 is 0.954 bits per heavy atom. The Kier molecular flexibility index (Phi) is 51.3. The lowest BCUT2D eigenvalue weighted by Gasteiger charge is -2.18. The molecule has 0 radical (unpaired) electrons. The molecule has 0 saturated heterocycles. The number of allylic oxidation sites excluding steroid dienone is 10. The van der Waals surface area contributed by atoms with Crippen molar-refractivity contribution in [2.45, 2.75) is 284 Å². The number of hydrogen-bond donors (Lipinski definition) is 0. The van der Waals surface area contributed by atoms with Gasteiger partial charge in [-0.2, -0.15) is 0 Å². The third-order valence-electron chi connectivity index (χ3n) is 12.0. The van der Waals surface area contributed by atoms with Crippen LogP contribution in [0.2, 0.25) is 0 Å². The topological polar surface area (TPSA) is 78.9 Å². The van der Waals surface area contributed by atoms with Gasteiger partial charge in [-0.05, 0) is 103 Å². The van der Waals surface area contributed by atoms with E-state index in [1.807, 2.05) is 0 Å². The Labute approximate surface area is 402 Å². The molecule has 0 amide bonds. The molecule has 376 valence electrons. The van der Waals surface area contributed by atoms with Gasteiger partial charge in [-0.3, -0.25) is 14.4 Å². The molecule has 0 N–H and O–H groups in total. The van der Waals surface area contributed by atoms with Gasteiger partial charge in [0.2, 0.25) is 0 Å². The summed E-state index contributed by atoms with van der Waals surface area (Å²) in [7, 11) is 0. The van der Waals surface area contributed by atoms with E-state index in [1.54, 1.807) is 0 Å². The number of ether oxygens (including phenoxy) is 3. The first-order valence-electron chi connectivity index (χ1n) is 27.8. The predicted molar refractivity (Wildman–Crippen MR) is 279 cm³/mol. The molecule has 0 aliphatic rings. The van der Waals surface area contributed by atoms with Gasteiger partial charge in [-0.25, -0.2) is 0 Å². The highest BCUT2D eigenvalue weighted by Crippen LogP contribution is 2.15. The molecule has 0 fully saturated rings. The fourth-order valence-corrected chi connectivity index (χ4v) is 7.72. The summed E-state index contributed by atoms with van der Waals surface area (Å²) in [5, 5.41) is 0. The minimum Gasteiger partial charge on any atom is -0.462 e. The van der Waals surface area contributed by atoms with E-state index in [0.29, 0.717) is 19.3 Å². The summed E-state index contributed by atoms with van der Waals surface area (Å²) < 4.78 is 16.8. The molecular weight excluding hydrogens is 805 g/mol. The molecule has 0 saturated carbocycles. The maximum absolute atomic E-state index is 12.8. The highest BCUT2D eigenvalue weighted by molar-refractivity contribution is 5.71. The normalized spacial score (nSPS) is 12.5. The lowest BCUT2D eigenvalue weighted by atomic mass is 10.1. The fraction of sp³-hybridized carbons (Fsp3) is 0.780. The molecule has 0 heterocycles. The zero-order chi connectivity index (χ0) is 47.2. The summed E-state index contributed by atoms with van der Waals surface area (Å²) in [5.41, 5.74) is 0. The van der Waals surface area contributed by atoms with E-state index in [-0.39, 0.29) is 31.1 Å². The number of unbranched alkanes of at least 4 members (excludes halogenated alkanes) is 29. The van der Waals surface area contributed by atoms with Crippen LogP contribution in [0.4, 0.5) is 0 Å². The van der Waals surface area contributed by atoms with E-state index in [4.69, 9.17) is 14.2 Å². The van der Waals surface area contributed by atoms with E-state index < -0.39 is 6.10 Å². The van der Waals surface area contributed by atoms with Gasteiger partial charge in [0.05, 0.1) is 0 Å². The van der Waals surface area contributed by atoms with Crippen LogP contribution in [0.3, 0.4) is 0 Å². The Balaban J connectivity index is 4.38. The highest BCUT2D eigenvalue weighted by Gasteiger charge is 2.19. The molecule has 0 aromatic heterocycles. The van der Waals surface area contributed by atoms with E-state index in [2.05, 4.69) is 81.5 Å². The largest absolute Gasteiger partial charge is 0.462 e. The monoisotopic (exact) mass is 909 g/mol. The average Bonchev–Trinajstić information content (AvgIpc) is 3.30. The van der Waals surface area contributed by atoms with Crippen LogP contribution >= 0.6 is 0 Å². The van der Waals surface area contributed by atoms with E-state index >= 15 is 0 Å². The summed E-state index contributed by atoms with van der Waals surface area (Å²) in [6.45, 7) is 6.56. The van der Waals surface area contributed by atoms with Crippen molar-refractivity contribution in [3.05, 3.63) is 60.8 Å². The molecule has 0 rings (SSSR count). The van der Waals surface area contributed by atoms with Gasteiger partial charge in [0, 0.05) is 19.3 Å². The zero-order valence-corrected chi connectivity index (χ0v) is 43.0. The molecule has 0 bridgehead atoms. The molecule has 0 aliphatic carbocycles. The highest BCUT2D eigenvalue weighted by atomic mass is 16.6. The van der Waals surface area contributed by atoms with Gasteiger partial charge in [0.25, 0.3) is 0 Å². The van der Waals surface area contributed by atoms with Crippen molar-refractivity contribution >= 4 is 17.9 Å². The van der Waals surface area contributed by atoms with Crippen molar-refractivity contribution in [2.24, 2.45) is 0 Å². The van der Waals surface area contributed by atoms with E-state index in [1.165, 1.54) is 148 Å². The first kappa shape index (κ1) is 62.1. The molecule has 1 atom stereocenters. The number of esters is 3. The van der Waals surface area contributed by atoms with Crippen LogP contribution < -0.4 is 0 Å². The predicted octanol–water partition coefficient (Wildman–Crippen LogP) is 18.4. The van der Waals surface area contributed by atoms with Crippen molar-refractivity contribution in [2.75, 3.05) is 13.2 Å². The van der Waals surface area contributed by atoms with Gasteiger partial charge in [0.15, 0.2) is 6.10 Å².